The van der Waals surface area contributed by atoms with Crippen molar-refractivity contribution < 1.29 is 0 Å². The molecule has 0 atom stereocenters. The molecule has 0 saturated heterocycles. The summed E-state index contributed by atoms with van der Waals surface area (Å²) in [7, 11) is 0. The highest BCUT2D eigenvalue weighted by Gasteiger charge is 2.51. The normalized spacial score (nSPS) is 13.6. The molecule has 2 aliphatic rings. The number of rotatable bonds is 2. The molecule has 0 heterocycles. The largest absolute Gasteiger partial charge is 0.0725 e. The molecule has 0 unspecified atom stereocenters. The van der Waals surface area contributed by atoms with Crippen LogP contribution in [0.5, 0.6) is 0 Å². The maximum atomic E-state index is 2.45. The maximum Gasteiger partial charge on any atom is 0.0725 e. The van der Waals surface area contributed by atoms with Crippen molar-refractivity contribution in [3.8, 4) is 44.5 Å². The van der Waals surface area contributed by atoms with Crippen LogP contribution in [-0.2, 0) is 5.41 Å². The molecule has 0 heteroatoms. The number of hydrogen-bond donors (Lipinski definition) is 0. The summed E-state index contributed by atoms with van der Waals surface area (Å²) in [4.78, 5) is 0. The molecule has 0 radical (unpaired) electrons. The standard InChI is InChI=1S/C37H24/c1-3-11-25(12-4-1)27-19-21-31-29-15-7-9-17-33(29)37(35(31)23-27)34-18-10-8-16-30(34)32-22-20-28(24-36(32)37)26-13-5-2-6-14-26/h1-24H. The third-order valence-corrected chi connectivity index (χ3v) is 8.30. The molecule has 8 rings (SSSR count). The minimum absolute atomic E-state index is 0.340. The first kappa shape index (κ1) is 20.5. The van der Waals surface area contributed by atoms with E-state index in [1.54, 1.807) is 0 Å². The molecule has 0 bridgehead atoms. The molecule has 0 aliphatic heterocycles. The third-order valence-electron chi connectivity index (χ3n) is 8.30. The quantitative estimate of drug-likeness (QED) is 0.237. The maximum absolute atomic E-state index is 2.45. The Labute approximate surface area is 217 Å². The van der Waals surface area contributed by atoms with Gasteiger partial charge in [0.15, 0.2) is 0 Å². The lowest BCUT2D eigenvalue weighted by Crippen LogP contribution is -2.26. The Morgan fingerprint density at radius 2 is 0.649 bits per heavy atom. The van der Waals surface area contributed by atoms with Gasteiger partial charge in [0.25, 0.3) is 0 Å². The zero-order valence-electron chi connectivity index (χ0n) is 20.4. The lowest BCUT2D eigenvalue weighted by atomic mass is 9.70. The monoisotopic (exact) mass is 468 g/mol. The Kier molecular flexibility index (Phi) is 4.24. The van der Waals surface area contributed by atoms with Crippen LogP contribution in [-0.4, -0.2) is 0 Å². The first-order valence-electron chi connectivity index (χ1n) is 13.0. The van der Waals surface area contributed by atoms with E-state index in [2.05, 4.69) is 146 Å². The SMILES string of the molecule is c1ccc(-c2ccc3c(c2)C2(c4ccccc4-3)c3ccccc3-c3ccc(-c4ccccc4)cc32)cc1. The van der Waals surface area contributed by atoms with Crippen LogP contribution in [0.15, 0.2) is 146 Å². The molecule has 37 heavy (non-hydrogen) atoms. The first-order chi connectivity index (χ1) is 18.4. The van der Waals surface area contributed by atoms with Crippen molar-refractivity contribution in [3.05, 3.63) is 168 Å². The second kappa shape index (κ2) is 7.66. The molecule has 6 aromatic carbocycles. The highest BCUT2D eigenvalue weighted by Crippen LogP contribution is 2.63. The van der Waals surface area contributed by atoms with E-state index < -0.39 is 0 Å². The van der Waals surface area contributed by atoms with Gasteiger partial charge < -0.3 is 0 Å². The Morgan fingerprint density at radius 3 is 1.11 bits per heavy atom. The second-order valence-electron chi connectivity index (χ2n) is 10.1. The van der Waals surface area contributed by atoms with Gasteiger partial charge in [0.1, 0.15) is 0 Å². The smallest absolute Gasteiger partial charge is 0.0622 e. The van der Waals surface area contributed by atoms with Crippen molar-refractivity contribution >= 4 is 0 Å². The Bertz CT molecular complexity index is 1670. The van der Waals surface area contributed by atoms with Crippen molar-refractivity contribution in [1.82, 2.24) is 0 Å². The van der Waals surface area contributed by atoms with Crippen LogP contribution in [0.2, 0.25) is 0 Å². The second-order valence-corrected chi connectivity index (χ2v) is 10.1. The van der Waals surface area contributed by atoms with Gasteiger partial charge >= 0.3 is 0 Å². The van der Waals surface area contributed by atoms with E-state index in [0.29, 0.717) is 0 Å². The molecular formula is C37H24. The molecule has 0 amide bonds. The average Bonchev–Trinajstić information content (AvgIpc) is 3.45. The molecule has 0 N–H and O–H groups in total. The van der Waals surface area contributed by atoms with E-state index in [9.17, 15) is 0 Å². The van der Waals surface area contributed by atoms with Crippen molar-refractivity contribution in [1.29, 1.82) is 0 Å². The van der Waals surface area contributed by atoms with E-state index in [0.717, 1.165) is 0 Å². The van der Waals surface area contributed by atoms with Crippen LogP contribution in [0, 0.1) is 0 Å². The van der Waals surface area contributed by atoms with Crippen LogP contribution in [0.25, 0.3) is 44.5 Å². The molecule has 172 valence electrons. The Hall–Kier alpha value is -4.68. The molecule has 0 fully saturated rings. The number of benzene rings is 6. The highest BCUT2D eigenvalue weighted by molar-refractivity contribution is 5.96. The van der Waals surface area contributed by atoms with Gasteiger partial charge in [-0.15, -0.1) is 0 Å². The minimum Gasteiger partial charge on any atom is -0.0622 e. The van der Waals surface area contributed by atoms with Gasteiger partial charge in [-0.25, -0.2) is 0 Å². The van der Waals surface area contributed by atoms with E-state index in [1.807, 2.05) is 0 Å². The average molecular weight is 469 g/mol. The summed E-state index contributed by atoms with van der Waals surface area (Å²) in [6.45, 7) is 0. The van der Waals surface area contributed by atoms with E-state index in [-0.39, 0.29) is 5.41 Å². The van der Waals surface area contributed by atoms with Crippen molar-refractivity contribution in [3.63, 3.8) is 0 Å². The molecule has 2 aliphatic carbocycles. The van der Waals surface area contributed by atoms with E-state index in [4.69, 9.17) is 0 Å². The number of fused-ring (bicyclic) bond motifs is 10. The molecule has 0 aromatic heterocycles. The molecule has 0 nitrogen and oxygen atoms in total. The fourth-order valence-corrected chi connectivity index (χ4v) is 6.76. The molecule has 6 aromatic rings. The van der Waals surface area contributed by atoms with E-state index in [1.165, 1.54) is 66.8 Å². The van der Waals surface area contributed by atoms with Crippen molar-refractivity contribution in [2.24, 2.45) is 0 Å². The van der Waals surface area contributed by atoms with Gasteiger partial charge in [0, 0.05) is 0 Å². The van der Waals surface area contributed by atoms with Gasteiger partial charge in [-0.2, -0.15) is 0 Å². The predicted octanol–water partition coefficient (Wildman–Crippen LogP) is 9.36. The van der Waals surface area contributed by atoms with Crippen LogP contribution < -0.4 is 0 Å². The summed E-state index contributed by atoms with van der Waals surface area (Å²) in [6, 6.07) is 53.7. The fraction of sp³-hybridized carbons (Fsp3) is 0.0270. The summed E-state index contributed by atoms with van der Waals surface area (Å²) in [5.74, 6) is 0. The summed E-state index contributed by atoms with van der Waals surface area (Å²) >= 11 is 0. The van der Waals surface area contributed by atoms with Crippen LogP contribution in [0.4, 0.5) is 0 Å². The Morgan fingerprint density at radius 1 is 0.270 bits per heavy atom. The van der Waals surface area contributed by atoms with Gasteiger partial charge in [-0.05, 0) is 78.9 Å². The summed E-state index contributed by atoms with van der Waals surface area (Å²) in [5, 5.41) is 0. The lowest BCUT2D eigenvalue weighted by molar-refractivity contribution is 0.794. The lowest BCUT2D eigenvalue weighted by Gasteiger charge is -2.31. The molecular weight excluding hydrogens is 444 g/mol. The number of hydrogen-bond acceptors (Lipinski definition) is 0. The zero-order valence-corrected chi connectivity index (χ0v) is 20.4. The fourth-order valence-electron chi connectivity index (χ4n) is 6.76. The van der Waals surface area contributed by atoms with E-state index >= 15 is 0 Å². The van der Waals surface area contributed by atoms with Gasteiger partial charge in [0.2, 0.25) is 0 Å². The third kappa shape index (κ3) is 2.73. The summed E-state index contributed by atoms with van der Waals surface area (Å²) < 4.78 is 0. The van der Waals surface area contributed by atoms with Crippen LogP contribution in [0.1, 0.15) is 22.3 Å². The molecule has 1 spiro atoms. The zero-order chi connectivity index (χ0) is 24.4. The topological polar surface area (TPSA) is 0 Å². The first-order valence-corrected chi connectivity index (χ1v) is 13.0. The summed E-state index contributed by atoms with van der Waals surface area (Å²) in [6.07, 6.45) is 0. The van der Waals surface area contributed by atoms with Gasteiger partial charge in [0.05, 0.1) is 5.41 Å². The predicted molar refractivity (Wildman–Crippen MR) is 154 cm³/mol. The molecule has 0 saturated carbocycles. The van der Waals surface area contributed by atoms with Crippen LogP contribution in [0.3, 0.4) is 0 Å². The highest BCUT2D eigenvalue weighted by atomic mass is 14.5. The minimum atomic E-state index is -0.340. The van der Waals surface area contributed by atoms with Crippen molar-refractivity contribution in [2.45, 2.75) is 5.41 Å². The van der Waals surface area contributed by atoms with Gasteiger partial charge in [-0.1, -0.05) is 133 Å². The van der Waals surface area contributed by atoms with Crippen molar-refractivity contribution in [2.75, 3.05) is 0 Å². The van der Waals surface area contributed by atoms with Crippen LogP contribution >= 0.6 is 0 Å². The summed E-state index contributed by atoms with van der Waals surface area (Å²) in [5.41, 5.74) is 15.6. The Balaban J connectivity index is 1.50. The van der Waals surface area contributed by atoms with Gasteiger partial charge in [-0.3, -0.25) is 0 Å².